The van der Waals surface area contributed by atoms with Crippen LogP contribution in [-0.2, 0) is 6.18 Å². The highest BCUT2D eigenvalue weighted by atomic mass is 32.1. The van der Waals surface area contributed by atoms with Gasteiger partial charge in [-0.1, -0.05) is 6.07 Å². The Kier molecular flexibility index (Phi) is 5.78. The molecule has 1 amide bonds. The van der Waals surface area contributed by atoms with Gasteiger partial charge in [-0.15, -0.1) is 11.3 Å². The number of aromatic nitrogens is 3. The number of carbonyl (C=O) groups is 1. The van der Waals surface area contributed by atoms with E-state index in [0.717, 1.165) is 27.5 Å². The second kappa shape index (κ2) is 8.79. The van der Waals surface area contributed by atoms with Gasteiger partial charge >= 0.3 is 6.18 Å². The Morgan fingerprint density at radius 1 is 1.14 bits per heavy atom. The van der Waals surface area contributed by atoms with Crippen molar-refractivity contribution in [2.75, 3.05) is 6.61 Å². The minimum absolute atomic E-state index is 0.315. The highest BCUT2D eigenvalue weighted by Gasteiger charge is 2.30. The van der Waals surface area contributed by atoms with Gasteiger partial charge in [0.25, 0.3) is 5.91 Å². The number of hydrogen-bond acceptors (Lipinski definition) is 5. The molecule has 3 aromatic heterocycles. The van der Waals surface area contributed by atoms with Gasteiger partial charge < -0.3 is 10.4 Å². The van der Waals surface area contributed by atoms with Crippen LogP contribution >= 0.6 is 11.3 Å². The number of aliphatic hydroxyl groups excluding tert-OH is 1. The monoisotopic (exact) mass is 496 g/mol. The summed E-state index contributed by atoms with van der Waals surface area (Å²) in [5.41, 5.74) is 2.13. The van der Waals surface area contributed by atoms with Gasteiger partial charge in [-0.2, -0.15) is 13.2 Å². The summed E-state index contributed by atoms with van der Waals surface area (Å²) < 4.78 is 41.0. The molecule has 0 aliphatic heterocycles. The zero-order chi connectivity index (χ0) is 24.7. The Morgan fingerprint density at radius 2 is 1.91 bits per heavy atom. The van der Waals surface area contributed by atoms with E-state index in [-0.39, 0.29) is 12.5 Å². The summed E-state index contributed by atoms with van der Waals surface area (Å²) in [7, 11) is 0. The first-order chi connectivity index (χ1) is 16.8. The first kappa shape index (κ1) is 23.0. The minimum Gasteiger partial charge on any atom is -0.394 e. The third-order valence-electron chi connectivity index (χ3n) is 5.66. The van der Waals surface area contributed by atoms with Crippen molar-refractivity contribution in [2.45, 2.75) is 19.1 Å². The smallest absolute Gasteiger partial charge is 0.394 e. The summed E-state index contributed by atoms with van der Waals surface area (Å²) in [5, 5.41) is 14.0. The molecule has 0 spiro atoms. The van der Waals surface area contributed by atoms with E-state index in [1.165, 1.54) is 23.5 Å². The Hall–Kier alpha value is -3.76. The van der Waals surface area contributed by atoms with Crippen LogP contribution < -0.4 is 5.32 Å². The number of pyridine rings is 1. The van der Waals surface area contributed by atoms with Gasteiger partial charge in [0.15, 0.2) is 0 Å². The van der Waals surface area contributed by atoms with Gasteiger partial charge in [-0.25, -0.2) is 4.98 Å². The molecule has 5 aromatic rings. The molecule has 178 valence electrons. The van der Waals surface area contributed by atoms with Crippen LogP contribution in [-0.4, -0.2) is 32.2 Å². The zero-order valence-corrected chi connectivity index (χ0v) is 19.2. The lowest BCUT2D eigenvalue weighted by Crippen LogP contribution is -2.31. The number of thiazole rings is 1. The molecule has 0 bridgehead atoms. The number of hydrogen-bond donors (Lipinski definition) is 2. The maximum Gasteiger partial charge on any atom is 0.416 e. The summed E-state index contributed by atoms with van der Waals surface area (Å²) >= 11 is 1.42. The van der Waals surface area contributed by atoms with Gasteiger partial charge in [0.1, 0.15) is 10.3 Å². The predicted molar refractivity (Wildman–Crippen MR) is 128 cm³/mol. The largest absolute Gasteiger partial charge is 0.416 e. The van der Waals surface area contributed by atoms with Crippen molar-refractivity contribution in [1.82, 2.24) is 19.9 Å². The molecule has 3 heterocycles. The Morgan fingerprint density at radius 3 is 2.57 bits per heavy atom. The first-order valence-electron chi connectivity index (χ1n) is 10.7. The van der Waals surface area contributed by atoms with E-state index in [9.17, 15) is 23.1 Å². The Bertz CT molecular complexity index is 1530. The molecule has 0 fully saturated rings. The first-order valence-corrected chi connectivity index (χ1v) is 11.5. The lowest BCUT2D eigenvalue weighted by atomic mass is 10.1. The SMILES string of the molecule is Cc1nc2c3cc(C(=O)N[C@H](CO)c4ccccn4)ccc3n(-c3ccc(C(F)(F)F)cc3)c2s1. The number of benzene rings is 2. The topological polar surface area (TPSA) is 80.0 Å². The summed E-state index contributed by atoms with van der Waals surface area (Å²) in [6, 6.07) is 14.6. The van der Waals surface area contributed by atoms with Crippen molar-refractivity contribution in [3.63, 3.8) is 0 Å². The molecule has 0 saturated heterocycles. The van der Waals surface area contributed by atoms with E-state index in [2.05, 4.69) is 15.3 Å². The normalized spacial score (nSPS) is 12.8. The number of alkyl halides is 3. The molecule has 0 radical (unpaired) electrons. The van der Waals surface area contributed by atoms with E-state index in [1.54, 1.807) is 42.6 Å². The number of nitrogens with one attached hydrogen (secondary N) is 1. The van der Waals surface area contributed by atoms with Gasteiger partial charge in [-0.3, -0.25) is 14.3 Å². The molecule has 0 aliphatic carbocycles. The van der Waals surface area contributed by atoms with E-state index in [1.807, 2.05) is 11.5 Å². The molecule has 6 nitrogen and oxygen atoms in total. The molecule has 5 rings (SSSR count). The number of nitrogens with zero attached hydrogens (tertiary/aromatic N) is 3. The standard InChI is InChI=1S/C25H19F3N4O2S/c1-14-30-22-18-12-15(23(34)31-20(13-33)19-4-2-3-11-29-19)5-10-21(18)32(24(22)35-14)17-8-6-16(7-9-17)25(26,27)28/h2-12,20,33H,13H2,1H3,(H,31,34)/t20-/m1/s1. The van der Waals surface area contributed by atoms with Crippen LogP contribution in [0.3, 0.4) is 0 Å². The lowest BCUT2D eigenvalue weighted by molar-refractivity contribution is -0.137. The number of aryl methyl sites for hydroxylation is 1. The molecule has 0 unspecified atom stereocenters. The van der Waals surface area contributed by atoms with Crippen LogP contribution in [0.25, 0.3) is 26.9 Å². The summed E-state index contributed by atoms with van der Waals surface area (Å²) in [5.74, 6) is -0.390. The van der Waals surface area contributed by atoms with E-state index in [4.69, 9.17) is 0 Å². The molecule has 2 N–H and O–H groups in total. The van der Waals surface area contributed by atoms with E-state index < -0.39 is 17.8 Å². The molecule has 2 aromatic carbocycles. The highest BCUT2D eigenvalue weighted by molar-refractivity contribution is 7.18. The van der Waals surface area contributed by atoms with Gasteiger partial charge in [0, 0.05) is 22.8 Å². The van der Waals surface area contributed by atoms with Crippen molar-refractivity contribution in [2.24, 2.45) is 0 Å². The third kappa shape index (κ3) is 4.26. The Balaban J connectivity index is 1.56. The fourth-order valence-corrected chi connectivity index (χ4v) is 4.97. The maximum absolute atomic E-state index is 13.0. The molecular formula is C25H19F3N4O2S. The van der Waals surface area contributed by atoms with Crippen molar-refractivity contribution in [3.8, 4) is 5.69 Å². The Labute approximate surface area is 201 Å². The van der Waals surface area contributed by atoms with Crippen molar-refractivity contribution >= 4 is 38.5 Å². The minimum atomic E-state index is -4.42. The van der Waals surface area contributed by atoms with Crippen LogP contribution in [0.15, 0.2) is 66.9 Å². The molecule has 10 heteroatoms. The average molecular weight is 497 g/mol. The quantitative estimate of drug-likeness (QED) is 0.340. The van der Waals surface area contributed by atoms with Crippen LogP contribution in [0.4, 0.5) is 13.2 Å². The second-order valence-corrected chi connectivity index (χ2v) is 9.14. The van der Waals surface area contributed by atoms with Crippen LogP contribution in [0.1, 0.15) is 32.7 Å². The summed E-state index contributed by atoms with van der Waals surface area (Å²) in [6.45, 7) is 1.54. The number of aliphatic hydroxyl groups is 1. The van der Waals surface area contributed by atoms with E-state index >= 15 is 0 Å². The van der Waals surface area contributed by atoms with Crippen molar-refractivity contribution < 1.29 is 23.1 Å². The van der Waals surface area contributed by atoms with Gasteiger partial charge in [0.05, 0.1) is 34.4 Å². The van der Waals surface area contributed by atoms with E-state index in [0.29, 0.717) is 27.8 Å². The van der Waals surface area contributed by atoms with Crippen LogP contribution in [0.5, 0.6) is 0 Å². The van der Waals surface area contributed by atoms with Gasteiger partial charge in [-0.05, 0) is 61.5 Å². The zero-order valence-electron chi connectivity index (χ0n) is 18.4. The predicted octanol–water partition coefficient (Wildman–Crippen LogP) is 5.43. The van der Waals surface area contributed by atoms with Crippen LogP contribution in [0.2, 0.25) is 0 Å². The maximum atomic E-state index is 13.0. The number of halogens is 3. The van der Waals surface area contributed by atoms with Crippen molar-refractivity contribution in [3.05, 3.63) is 88.7 Å². The fraction of sp³-hybridized carbons (Fsp3) is 0.160. The number of fused-ring (bicyclic) bond motifs is 3. The third-order valence-corrected chi connectivity index (χ3v) is 6.62. The number of carbonyl (C=O) groups excluding carboxylic acids is 1. The molecule has 1 atom stereocenters. The lowest BCUT2D eigenvalue weighted by Gasteiger charge is -2.16. The van der Waals surface area contributed by atoms with Crippen molar-refractivity contribution in [1.29, 1.82) is 0 Å². The summed E-state index contributed by atoms with van der Waals surface area (Å²) in [4.78, 5) is 22.6. The van der Waals surface area contributed by atoms with Gasteiger partial charge in [0.2, 0.25) is 0 Å². The number of amides is 1. The molecule has 0 saturated carbocycles. The average Bonchev–Trinajstić information content (AvgIpc) is 3.36. The second-order valence-electron chi connectivity index (χ2n) is 7.96. The number of rotatable bonds is 5. The fourth-order valence-electron chi connectivity index (χ4n) is 4.01. The van der Waals surface area contributed by atoms with Crippen LogP contribution in [0, 0.1) is 6.92 Å². The molecule has 0 aliphatic rings. The highest BCUT2D eigenvalue weighted by Crippen LogP contribution is 2.37. The molecule has 35 heavy (non-hydrogen) atoms. The molecular weight excluding hydrogens is 477 g/mol. The summed E-state index contributed by atoms with van der Waals surface area (Å²) in [6.07, 6.45) is -2.83.